The molecule has 0 saturated heterocycles. The van der Waals surface area contributed by atoms with Gasteiger partial charge in [-0.3, -0.25) is 0 Å². The maximum absolute atomic E-state index is 3.74. The highest BCUT2D eigenvalue weighted by molar-refractivity contribution is 9.10. The molecule has 2 rings (SSSR count). The number of hydrogen-bond donors (Lipinski definition) is 1. The molecule has 0 amide bonds. The van der Waals surface area contributed by atoms with Gasteiger partial charge in [-0.25, -0.2) is 0 Å². The molecule has 1 nitrogen and oxygen atoms in total. The Kier molecular flexibility index (Phi) is 4.01. The minimum atomic E-state index is 0.517. The molecule has 2 unspecified atom stereocenters. The van der Waals surface area contributed by atoms with Gasteiger partial charge in [0.15, 0.2) is 0 Å². The molecule has 1 aliphatic carbocycles. The Morgan fingerprint density at radius 3 is 2.65 bits per heavy atom. The molecule has 0 radical (unpaired) electrons. The van der Waals surface area contributed by atoms with Gasteiger partial charge in [0, 0.05) is 20.3 Å². The van der Waals surface area contributed by atoms with Crippen LogP contribution in [0.1, 0.15) is 49.4 Å². The van der Waals surface area contributed by atoms with Gasteiger partial charge in [-0.15, -0.1) is 11.3 Å². The molecule has 17 heavy (non-hydrogen) atoms. The van der Waals surface area contributed by atoms with E-state index in [1.54, 1.807) is 0 Å². The molecule has 1 aromatic heterocycles. The molecule has 0 aliphatic heterocycles. The monoisotopic (exact) mass is 315 g/mol. The summed E-state index contributed by atoms with van der Waals surface area (Å²) in [6, 6.07) is 2.79. The number of halogens is 1. The van der Waals surface area contributed by atoms with Crippen molar-refractivity contribution >= 4 is 27.3 Å². The first-order chi connectivity index (χ1) is 7.95. The maximum Gasteiger partial charge on any atom is 0.0460 e. The zero-order chi connectivity index (χ0) is 12.6. The van der Waals surface area contributed by atoms with Crippen molar-refractivity contribution in [1.29, 1.82) is 0 Å². The summed E-state index contributed by atoms with van der Waals surface area (Å²) >= 11 is 5.65. The van der Waals surface area contributed by atoms with Crippen LogP contribution in [0.25, 0.3) is 0 Å². The second-order valence-corrected chi connectivity index (χ2v) is 7.94. The van der Waals surface area contributed by atoms with Crippen LogP contribution < -0.4 is 5.32 Å². The number of hydrogen-bond acceptors (Lipinski definition) is 2. The van der Waals surface area contributed by atoms with Crippen LogP contribution in [-0.4, -0.2) is 6.54 Å². The fourth-order valence-electron chi connectivity index (χ4n) is 2.51. The highest BCUT2D eigenvalue weighted by Crippen LogP contribution is 2.59. The van der Waals surface area contributed by atoms with Gasteiger partial charge in [0.25, 0.3) is 0 Å². The molecule has 0 bridgehead atoms. The lowest BCUT2D eigenvalue weighted by Crippen LogP contribution is -2.24. The Labute approximate surface area is 117 Å². The van der Waals surface area contributed by atoms with Gasteiger partial charge in [-0.2, -0.15) is 0 Å². The van der Waals surface area contributed by atoms with Crippen LogP contribution in [-0.2, 0) is 0 Å². The van der Waals surface area contributed by atoms with Crippen LogP contribution >= 0.6 is 27.3 Å². The zero-order valence-corrected chi connectivity index (χ0v) is 13.5. The molecule has 1 aromatic rings. The fraction of sp³-hybridized carbons (Fsp3) is 0.714. The topological polar surface area (TPSA) is 12.0 Å². The largest absolute Gasteiger partial charge is 0.309 e. The van der Waals surface area contributed by atoms with Crippen LogP contribution in [0.3, 0.4) is 0 Å². The molecule has 1 aliphatic rings. The van der Waals surface area contributed by atoms with E-state index in [1.165, 1.54) is 27.1 Å². The van der Waals surface area contributed by atoms with Gasteiger partial charge >= 0.3 is 0 Å². The van der Waals surface area contributed by atoms with Gasteiger partial charge < -0.3 is 5.32 Å². The molecule has 3 heteroatoms. The third-order valence-corrected chi connectivity index (χ3v) is 5.78. The Morgan fingerprint density at radius 2 is 2.24 bits per heavy atom. The second-order valence-electron chi connectivity index (χ2n) is 5.80. The van der Waals surface area contributed by atoms with Gasteiger partial charge in [-0.1, -0.05) is 20.8 Å². The normalized spacial score (nSPS) is 23.7. The van der Waals surface area contributed by atoms with Gasteiger partial charge in [0.2, 0.25) is 0 Å². The molecule has 0 aromatic carbocycles. The van der Waals surface area contributed by atoms with E-state index in [2.05, 4.69) is 55.0 Å². The van der Waals surface area contributed by atoms with Crippen LogP contribution in [0.4, 0.5) is 0 Å². The van der Waals surface area contributed by atoms with Crippen molar-refractivity contribution in [2.24, 2.45) is 11.3 Å². The van der Waals surface area contributed by atoms with Crippen LogP contribution in [0.15, 0.2) is 10.5 Å². The van der Waals surface area contributed by atoms with Gasteiger partial charge in [0.05, 0.1) is 0 Å². The van der Waals surface area contributed by atoms with Crippen LogP contribution in [0.5, 0.6) is 0 Å². The summed E-state index contributed by atoms with van der Waals surface area (Å²) in [4.78, 5) is 2.89. The first-order valence-electron chi connectivity index (χ1n) is 6.45. The Balaban J connectivity index is 2.18. The van der Waals surface area contributed by atoms with E-state index in [-0.39, 0.29) is 0 Å². The number of nitrogens with one attached hydrogen (secondary N) is 1. The van der Waals surface area contributed by atoms with E-state index in [0.29, 0.717) is 11.5 Å². The average molecular weight is 316 g/mol. The van der Waals surface area contributed by atoms with E-state index in [4.69, 9.17) is 0 Å². The lowest BCUT2D eigenvalue weighted by atomic mass is 10.0. The average Bonchev–Trinajstić information content (AvgIpc) is 2.72. The van der Waals surface area contributed by atoms with Crippen LogP contribution in [0.2, 0.25) is 0 Å². The minimum Gasteiger partial charge on any atom is -0.309 e. The first kappa shape index (κ1) is 13.6. The predicted octanol–water partition coefficient (Wildman–Crippen LogP) is 4.91. The molecule has 96 valence electrons. The molecule has 1 fully saturated rings. The summed E-state index contributed by atoms with van der Waals surface area (Å²) in [5.74, 6) is 0.795. The molecule has 1 saturated carbocycles. The first-order valence-corrected chi connectivity index (χ1v) is 8.06. The summed E-state index contributed by atoms with van der Waals surface area (Å²) in [5, 5.41) is 3.74. The highest BCUT2D eigenvalue weighted by atomic mass is 79.9. The Morgan fingerprint density at radius 1 is 1.59 bits per heavy atom. The Bertz CT molecular complexity index is 397. The third kappa shape index (κ3) is 2.94. The molecule has 2 atom stereocenters. The van der Waals surface area contributed by atoms with Crippen molar-refractivity contribution in [3.05, 3.63) is 20.3 Å². The molecular weight excluding hydrogens is 294 g/mol. The summed E-state index contributed by atoms with van der Waals surface area (Å²) in [5.41, 5.74) is 0.517. The van der Waals surface area contributed by atoms with E-state index in [1.807, 2.05) is 11.3 Å². The van der Waals surface area contributed by atoms with Gasteiger partial charge in [0.1, 0.15) is 0 Å². The lowest BCUT2D eigenvalue weighted by Gasteiger charge is -2.19. The van der Waals surface area contributed by atoms with Crippen molar-refractivity contribution in [2.45, 2.75) is 46.6 Å². The molecular formula is C14H22BrNS. The van der Waals surface area contributed by atoms with E-state index in [0.717, 1.165) is 12.5 Å². The van der Waals surface area contributed by atoms with Crippen molar-refractivity contribution < 1.29 is 0 Å². The Hall–Kier alpha value is 0.140. The number of aryl methyl sites for hydroxylation is 1. The van der Waals surface area contributed by atoms with Gasteiger partial charge in [-0.05, 0) is 59.6 Å². The summed E-state index contributed by atoms with van der Waals surface area (Å²) < 4.78 is 1.29. The standard InChI is InChI=1S/C14H22BrNS/c1-5-6-16-12(10-8-14(10,3)4)13-11(15)7-9(2)17-13/h7,10,12,16H,5-6,8H2,1-4H3. The molecule has 1 N–H and O–H groups in total. The lowest BCUT2D eigenvalue weighted by molar-refractivity contribution is 0.420. The fourth-order valence-corrected chi connectivity index (χ4v) is 4.55. The van der Waals surface area contributed by atoms with Crippen molar-refractivity contribution in [3.8, 4) is 0 Å². The summed E-state index contributed by atoms with van der Waals surface area (Å²) in [7, 11) is 0. The van der Waals surface area contributed by atoms with Crippen molar-refractivity contribution in [1.82, 2.24) is 5.32 Å². The predicted molar refractivity (Wildman–Crippen MR) is 79.7 cm³/mol. The second kappa shape index (κ2) is 5.02. The molecule has 0 spiro atoms. The SMILES string of the molecule is CCCNC(c1sc(C)cc1Br)C1CC1(C)C. The molecule has 1 heterocycles. The van der Waals surface area contributed by atoms with Crippen molar-refractivity contribution in [2.75, 3.05) is 6.54 Å². The number of rotatable bonds is 5. The summed E-state index contributed by atoms with van der Waals surface area (Å²) in [6.45, 7) is 10.3. The highest BCUT2D eigenvalue weighted by Gasteiger charge is 2.51. The van der Waals surface area contributed by atoms with E-state index in [9.17, 15) is 0 Å². The van der Waals surface area contributed by atoms with Crippen molar-refractivity contribution in [3.63, 3.8) is 0 Å². The maximum atomic E-state index is 3.74. The smallest absolute Gasteiger partial charge is 0.0460 e. The minimum absolute atomic E-state index is 0.517. The quantitative estimate of drug-likeness (QED) is 0.814. The zero-order valence-electron chi connectivity index (χ0n) is 11.1. The summed E-state index contributed by atoms with van der Waals surface area (Å²) in [6.07, 6.45) is 2.55. The van der Waals surface area contributed by atoms with Crippen LogP contribution in [0, 0.1) is 18.3 Å². The van der Waals surface area contributed by atoms with E-state index >= 15 is 0 Å². The number of thiophene rings is 1. The third-order valence-electron chi connectivity index (χ3n) is 3.73. The van der Waals surface area contributed by atoms with E-state index < -0.39 is 0 Å².